The third-order valence-electron chi connectivity index (χ3n) is 11.8. The van der Waals surface area contributed by atoms with Crippen LogP contribution in [0, 0.1) is 23.2 Å². The van der Waals surface area contributed by atoms with Crippen LogP contribution in [-0.4, -0.2) is 93.4 Å². The van der Waals surface area contributed by atoms with Gasteiger partial charge in [0, 0.05) is 35.2 Å². The predicted molar refractivity (Wildman–Crippen MR) is 217 cm³/mol. The van der Waals surface area contributed by atoms with Crippen LogP contribution in [0.3, 0.4) is 0 Å². The number of thiazole rings is 1. The van der Waals surface area contributed by atoms with Gasteiger partial charge in [-0.2, -0.15) is 0 Å². The summed E-state index contributed by atoms with van der Waals surface area (Å²) in [5.41, 5.74) is -0.832. The standard InChI is InChI=1S/C41H51ClN6O8S/c1-8-23-17-41(23,37(51)52)47-35(49)28-15-24(18-48(28)36(50)34(40(4,5)6)46-39(53)56-33-21-9-10-22(33)12-11-21)55-30-16-26(27-19-57-38(45-27)43-20(2)3)44-32-25(30)13-14-29(54-7)31(32)42/h8,13-14,16,19-24,28,33-34H,1,9-12,15,17-18H2,2-7H3,(H,43,45)(H,46,53)(H,47,49)(H,51,52)/t21?,22?,23?,24-,28+,33?,34?,41-/m1/s1. The number of ether oxygens (including phenoxy) is 3. The van der Waals surface area contributed by atoms with Crippen LogP contribution in [0.25, 0.3) is 22.3 Å². The number of amides is 3. The van der Waals surface area contributed by atoms with Crippen LogP contribution in [0.4, 0.5) is 9.93 Å². The summed E-state index contributed by atoms with van der Waals surface area (Å²) < 4.78 is 18.1. The van der Waals surface area contributed by atoms with Crippen molar-refractivity contribution in [3.05, 3.63) is 41.3 Å². The number of nitrogens with zero attached hydrogens (tertiary/aromatic N) is 3. The Bertz CT molecular complexity index is 2070. The summed E-state index contributed by atoms with van der Waals surface area (Å²) in [6, 6.07) is 3.20. The average molecular weight is 823 g/mol. The molecule has 14 nitrogen and oxygen atoms in total. The van der Waals surface area contributed by atoms with Gasteiger partial charge in [0.15, 0.2) is 5.13 Å². The molecule has 16 heteroatoms. The predicted octanol–water partition coefficient (Wildman–Crippen LogP) is 6.66. The molecule has 3 aliphatic carbocycles. The monoisotopic (exact) mass is 822 g/mol. The van der Waals surface area contributed by atoms with Gasteiger partial charge in [0.05, 0.1) is 24.9 Å². The Morgan fingerprint density at radius 2 is 1.79 bits per heavy atom. The number of hydrogen-bond acceptors (Lipinski definition) is 11. The smallest absolute Gasteiger partial charge is 0.408 e. The van der Waals surface area contributed by atoms with E-state index in [0.717, 1.165) is 30.8 Å². The topological polar surface area (TPSA) is 181 Å². The molecule has 1 saturated heterocycles. The molecule has 4 aliphatic rings. The zero-order valence-corrected chi connectivity index (χ0v) is 34.7. The number of carboxylic acid groups (broad SMARTS) is 1. The number of methoxy groups -OCH3 is 1. The summed E-state index contributed by atoms with van der Waals surface area (Å²) in [6.45, 7) is 13.2. The lowest BCUT2D eigenvalue weighted by molar-refractivity contribution is -0.146. The summed E-state index contributed by atoms with van der Waals surface area (Å²) in [5, 5.41) is 22.5. The number of carbonyl (C=O) groups excluding carboxylic acids is 3. The number of anilines is 1. The number of pyridine rings is 1. The Morgan fingerprint density at radius 3 is 2.39 bits per heavy atom. The van der Waals surface area contributed by atoms with Crippen LogP contribution in [-0.2, 0) is 19.1 Å². The molecule has 3 saturated carbocycles. The molecular weight excluding hydrogens is 772 g/mol. The number of hydrogen-bond donors (Lipinski definition) is 4. The number of rotatable bonds is 13. The van der Waals surface area contributed by atoms with Gasteiger partial charge >= 0.3 is 12.1 Å². The van der Waals surface area contributed by atoms with Crippen LogP contribution in [0.5, 0.6) is 11.5 Å². The molecule has 4 N–H and O–H groups in total. The molecule has 306 valence electrons. The zero-order valence-electron chi connectivity index (χ0n) is 33.1. The molecule has 1 aliphatic heterocycles. The fourth-order valence-electron chi connectivity index (χ4n) is 8.64. The molecule has 2 bridgehead atoms. The van der Waals surface area contributed by atoms with E-state index in [4.69, 9.17) is 35.8 Å². The highest BCUT2D eigenvalue weighted by molar-refractivity contribution is 7.14. The van der Waals surface area contributed by atoms with E-state index in [1.165, 1.54) is 29.4 Å². The number of halogens is 1. The lowest BCUT2D eigenvalue weighted by atomic mass is 9.85. The molecular formula is C41H51ClN6O8S. The number of alkyl carbamates (subject to hydrolysis) is 1. The van der Waals surface area contributed by atoms with E-state index >= 15 is 0 Å². The average Bonchev–Trinajstić information content (AvgIpc) is 3.61. The van der Waals surface area contributed by atoms with Crippen molar-refractivity contribution in [2.75, 3.05) is 19.0 Å². The zero-order chi connectivity index (χ0) is 41.0. The first-order valence-corrected chi connectivity index (χ1v) is 20.8. The summed E-state index contributed by atoms with van der Waals surface area (Å²) in [4.78, 5) is 65.8. The molecule has 3 amide bonds. The third kappa shape index (κ3) is 7.97. The van der Waals surface area contributed by atoms with Crippen molar-refractivity contribution in [2.45, 2.75) is 109 Å². The van der Waals surface area contributed by atoms with E-state index in [1.54, 1.807) is 18.2 Å². The van der Waals surface area contributed by atoms with Crippen molar-refractivity contribution in [3.63, 3.8) is 0 Å². The van der Waals surface area contributed by atoms with Crippen molar-refractivity contribution in [1.29, 1.82) is 0 Å². The number of fused-ring (bicyclic) bond motifs is 3. The van der Waals surface area contributed by atoms with Gasteiger partial charge in [-0.1, -0.05) is 38.4 Å². The Kier molecular flexibility index (Phi) is 11.1. The van der Waals surface area contributed by atoms with Gasteiger partial charge in [-0.3, -0.25) is 9.59 Å². The van der Waals surface area contributed by atoms with Gasteiger partial charge < -0.3 is 40.2 Å². The number of carbonyl (C=O) groups is 4. The van der Waals surface area contributed by atoms with Crippen molar-refractivity contribution in [1.82, 2.24) is 25.5 Å². The maximum atomic E-state index is 14.7. The first-order chi connectivity index (χ1) is 27.0. The molecule has 7 rings (SSSR count). The van der Waals surface area contributed by atoms with E-state index in [0.29, 0.717) is 45.6 Å². The molecule has 0 radical (unpaired) electrons. The largest absolute Gasteiger partial charge is 0.495 e. The fourth-order valence-corrected chi connectivity index (χ4v) is 9.78. The first kappa shape index (κ1) is 40.6. The summed E-state index contributed by atoms with van der Waals surface area (Å²) in [6.07, 6.45) is 4.22. The second kappa shape index (κ2) is 15.6. The van der Waals surface area contributed by atoms with Crippen LogP contribution < -0.4 is 25.4 Å². The van der Waals surface area contributed by atoms with E-state index in [1.807, 2.05) is 40.0 Å². The highest BCUT2D eigenvalue weighted by Crippen LogP contribution is 2.47. The van der Waals surface area contributed by atoms with E-state index in [2.05, 4.69) is 22.5 Å². The second-order valence-electron chi connectivity index (χ2n) is 17.1. The van der Waals surface area contributed by atoms with Crippen LogP contribution >= 0.6 is 22.9 Å². The minimum absolute atomic E-state index is 0.0287. The normalized spacial score (nSPS) is 26.9. The van der Waals surface area contributed by atoms with Crippen molar-refractivity contribution in [2.24, 2.45) is 23.2 Å². The van der Waals surface area contributed by atoms with Crippen molar-refractivity contribution < 1.29 is 38.5 Å². The van der Waals surface area contributed by atoms with E-state index < -0.39 is 58.9 Å². The van der Waals surface area contributed by atoms with Gasteiger partial charge in [0.2, 0.25) is 11.8 Å². The van der Waals surface area contributed by atoms with Gasteiger partial charge in [0.1, 0.15) is 52.0 Å². The Balaban J connectivity index is 1.21. The Hall–Kier alpha value is -4.63. The minimum Gasteiger partial charge on any atom is -0.495 e. The molecule has 3 aromatic rings. The van der Waals surface area contributed by atoms with Gasteiger partial charge in [0.25, 0.3) is 0 Å². The Morgan fingerprint density at radius 1 is 1.09 bits per heavy atom. The molecule has 2 unspecified atom stereocenters. The van der Waals surface area contributed by atoms with Crippen LogP contribution in [0.15, 0.2) is 36.2 Å². The molecule has 5 atom stereocenters. The molecule has 1 aromatic carbocycles. The quantitative estimate of drug-likeness (QED) is 0.135. The highest BCUT2D eigenvalue weighted by atomic mass is 35.5. The molecule has 2 aromatic heterocycles. The second-order valence-corrected chi connectivity index (χ2v) is 18.3. The summed E-state index contributed by atoms with van der Waals surface area (Å²) in [7, 11) is 1.51. The molecule has 0 spiro atoms. The lowest BCUT2D eigenvalue weighted by Gasteiger charge is -2.35. The minimum atomic E-state index is -1.53. The first-order valence-electron chi connectivity index (χ1n) is 19.5. The maximum absolute atomic E-state index is 14.7. The van der Waals surface area contributed by atoms with Gasteiger partial charge in [-0.15, -0.1) is 17.9 Å². The molecule has 3 heterocycles. The van der Waals surface area contributed by atoms with E-state index in [-0.39, 0.29) is 36.6 Å². The number of nitrogens with one attached hydrogen (secondary N) is 3. The third-order valence-corrected chi connectivity index (χ3v) is 12.9. The van der Waals surface area contributed by atoms with Crippen molar-refractivity contribution in [3.8, 4) is 22.9 Å². The molecule has 4 fully saturated rings. The SMILES string of the molecule is C=CC1C[C@]1(NC(=O)[C@@H]1C[C@@H](Oc2cc(-c3csc(NC(C)C)n3)nc3c(Cl)c(OC)ccc23)CN1C(=O)C(NC(=O)OC1C2CCC1CC2)C(C)(C)C)C(=O)O. The maximum Gasteiger partial charge on any atom is 0.408 e. The number of aromatic nitrogens is 2. The summed E-state index contributed by atoms with van der Waals surface area (Å²) >= 11 is 8.26. The van der Waals surface area contributed by atoms with Crippen LogP contribution in [0.1, 0.15) is 73.1 Å². The van der Waals surface area contributed by atoms with Crippen molar-refractivity contribution >= 4 is 62.8 Å². The highest BCUT2D eigenvalue weighted by Gasteiger charge is 2.61. The van der Waals surface area contributed by atoms with Gasteiger partial charge in [-0.25, -0.2) is 19.6 Å². The lowest BCUT2D eigenvalue weighted by Crippen LogP contribution is -2.59. The van der Waals surface area contributed by atoms with Crippen LogP contribution in [0.2, 0.25) is 5.02 Å². The number of carboxylic acids is 1. The number of likely N-dealkylation sites (tertiary alicyclic amines) is 1. The fraction of sp³-hybridized carbons (Fsp3) is 0.561. The number of aliphatic carboxylic acids is 1. The molecule has 57 heavy (non-hydrogen) atoms. The Labute approximate surface area is 341 Å². The van der Waals surface area contributed by atoms with E-state index in [9.17, 15) is 24.3 Å². The van der Waals surface area contributed by atoms with Gasteiger partial charge in [-0.05, 0) is 75.3 Å². The number of benzene rings is 1. The summed E-state index contributed by atoms with van der Waals surface area (Å²) in [5.74, 6) is -1.34.